The van der Waals surface area contributed by atoms with Crippen LogP contribution in [0.2, 0.25) is 0 Å². The minimum absolute atomic E-state index is 0.237. The standard InChI is InChI=1S/C18H29BN4O5/c1-17(2)18(3,4)28-19(27-17)13-8-21-16(22-9-13)23-6-5-12(10-23)7-20-15(26)14(25)11-24/h8-9,12,14,24-25H,5-7,10-11H2,1-4H3,(H,20,26)/t12-,14+/m1/s1. The van der Waals surface area contributed by atoms with Gasteiger partial charge in [0.1, 0.15) is 0 Å². The van der Waals surface area contributed by atoms with Gasteiger partial charge in [-0.15, -0.1) is 0 Å². The van der Waals surface area contributed by atoms with Gasteiger partial charge in [-0.1, -0.05) is 0 Å². The molecule has 2 atom stereocenters. The van der Waals surface area contributed by atoms with Crippen molar-refractivity contribution in [1.82, 2.24) is 15.3 Å². The van der Waals surface area contributed by atoms with Gasteiger partial charge < -0.3 is 29.7 Å². The van der Waals surface area contributed by atoms with Gasteiger partial charge in [-0.25, -0.2) is 9.97 Å². The van der Waals surface area contributed by atoms with Crippen molar-refractivity contribution in [2.75, 3.05) is 31.1 Å². The number of nitrogens with one attached hydrogen (secondary N) is 1. The summed E-state index contributed by atoms with van der Waals surface area (Å²) in [4.78, 5) is 22.5. The zero-order chi connectivity index (χ0) is 20.5. The fourth-order valence-electron chi connectivity index (χ4n) is 3.22. The molecule has 0 bridgehead atoms. The predicted octanol–water partition coefficient (Wildman–Crippen LogP) is -0.928. The molecule has 1 aromatic heterocycles. The second-order valence-electron chi connectivity index (χ2n) is 8.45. The number of nitrogens with zero attached hydrogens (tertiary/aromatic N) is 3. The molecule has 2 saturated heterocycles. The lowest BCUT2D eigenvalue weighted by atomic mass is 9.81. The summed E-state index contributed by atoms with van der Waals surface area (Å²) < 4.78 is 12.0. The second-order valence-corrected chi connectivity index (χ2v) is 8.45. The first-order valence-electron chi connectivity index (χ1n) is 9.62. The number of amides is 1. The van der Waals surface area contributed by atoms with E-state index in [0.29, 0.717) is 19.0 Å². The number of aliphatic hydroxyl groups excluding tert-OH is 2. The monoisotopic (exact) mass is 392 g/mol. The lowest BCUT2D eigenvalue weighted by Gasteiger charge is -2.32. The van der Waals surface area contributed by atoms with Gasteiger partial charge in [-0.2, -0.15) is 0 Å². The van der Waals surface area contributed by atoms with Gasteiger partial charge >= 0.3 is 7.12 Å². The number of carbonyl (C=O) groups is 1. The number of carbonyl (C=O) groups excluding carboxylic acids is 1. The molecule has 0 radical (unpaired) electrons. The Hall–Kier alpha value is -1.75. The predicted molar refractivity (Wildman–Crippen MR) is 104 cm³/mol. The molecule has 0 spiro atoms. The average Bonchev–Trinajstić information content (AvgIpc) is 3.21. The topological polar surface area (TPSA) is 117 Å². The molecule has 3 rings (SSSR count). The minimum Gasteiger partial charge on any atom is -0.399 e. The minimum atomic E-state index is -1.37. The summed E-state index contributed by atoms with van der Waals surface area (Å²) in [6, 6.07) is 0. The summed E-state index contributed by atoms with van der Waals surface area (Å²) in [5.41, 5.74) is -0.0394. The first-order chi connectivity index (χ1) is 13.1. The first-order valence-corrected chi connectivity index (χ1v) is 9.62. The molecule has 3 N–H and O–H groups in total. The van der Waals surface area contributed by atoms with E-state index in [1.807, 2.05) is 27.7 Å². The molecule has 2 aliphatic heterocycles. The van der Waals surface area contributed by atoms with E-state index in [0.717, 1.165) is 18.4 Å². The van der Waals surface area contributed by atoms with Gasteiger partial charge in [0.05, 0.1) is 17.8 Å². The first kappa shape index (κ1) is 21.0. The van der Waals surface area contributed by atoms with Crippen molar-refractivity contribution in [3.8, 4) is 0 Å². The SMILES string of the molecule is CC1(C)OB(c2cnc(N3CC[C@H](CNC(=O)[C@@H](O)CO)C3)nc2)OC1(C)C. The summed E-state index contributed by atoms with van der Waals surface area (Å²) in [5.74, 6) is 0.315. The number of aromatic nitrogens is 2. The molecule has 9 nitrogen and oxygen atoms in total. The van der Waals surface area contributed by atoms with Crippen LogP contribution in [-0.2, 0) is 14.1 Å². The number of hydrogen-bond donors (Lipinski definition) is 3. The van der Waals surface area contributed by atoms with Gasteiger partial charge in [0.25, 0.3) is 5.91 Å². The summed E-state index contributed by atoms with van der Waals surface area (Å²) >= 11 is 0. The van der Waals surface area contributed by atoms with Gasteiger partial charge in [-0.05, 0) is 40.0 Å². The average molecular weight is 392 g/mol. The van der Waals surface area contributed by atoms with Crippen molar-refractivity contribution < 1.29 is 24.3 Å². The van der Waals surface area contributed by atoms with E-state index in [-0.39, 0.29) is 5.92 Å². The fourth-order valence-corrected chi connectivity index (χ4v) is 3.22. The Kier molecular flexibility index (Phi) is 5.95. The van der Waals surface area contributed by atoms with Crippen LogP contribution in [0.15, 0.2) is 12.4 Å². The fraction of sp³-hybridized carbons (Fsp3) is 0.722. The van der Waals surface area contributed by atoms with Crippen molar-refractivity contribution in [1.29, 1.82) is 0 Å². The van der Waals surface area contributed by atoms with Crippen LogP contribution in [0.3, 0.4) is 0 Å². The molecular formula is C18H29BN4O5. The maximum absolute atomic E-state index is 11.6. The number of rotatable bonds is 6. The lowest BCUT2D eigenvalue weighted by molar-refractivity contribution is -0.131. The number of anilines is 1. The van der Waals surface area contributed by atoms with Gasteiger partial charge in [0, 0.05) is 37.5 Å². The highest BCUT2D eigenvalue weighted by Crippen LogP contribution is 2.36. The summed E-state index contributed by atoms with van der Waals surface area (Å²) in [5, 5.41) is 20.8. The van der Waals surface area contributed by atoms with E-state index in [2.05, 4.69) is 20.2 Å². The molecular weight excluding hydrogens is 363 g/mol. The highest BCUT2D eigenvalue weighted by molar-refractivity contribution is 6.61. The molecule has 0 aliphatic carbocycles. The Morgan fingerprint density at radius 1 is 1.32 bits per heavy atom. The van der Waals surface area contributed by atoms with Crippen LogP contribution in [0.25, 0.3) is 0 Å². The lowest BCUT2D eigenvalue weighted by Crippen LogP contribution is -2.41. The van der Waals surface area contributed by atoms with E-state index in [1.54, 1.807) is 12.4 Å². The molecule has 1 amide bonds. The van der Waals surface area contributed by atoms with Crippen molar-refractivity contribution in [3.05, 3.63) is 12.4 Å². The van der Waals surface area contributed by atoms with Crippen LogP contribution >= 0.6 is 0 Å². The Morgan fingerprint density at radius 2 is 1.93 bits per heavy atom. The van der Waals surface area contributed by atoms with Crippen LogP contribution in [0, 0.1) is 5.92 Å². The van der Waals surface area contributed by atoms with E-state index in [4.69, 9.17) is 14.4 Å². The van der Waals surface area contributed by atoms with Crippen LogP contribution in [0.5, 0.6) is 0 Å². The van der Waals surface area contributed by atoms with E-state index >= 15 is 0 Å². The summed E-state index contributed by atoms with van der Waals surface area (Å²) in [6.45, 7) is 9.39. The third-order valence-electron chi connectivity index (χ3n) is 5.79. The Bertz CT molecular complexity index is 684. The highest BCUT2D eigenvalue weighted by atomic mass is 16.7. The molecule has 2 aliphatic rings. The summed E-state index contributed by atoms with van der Waals surface area (Å²) in [6.07, 6.45) is 2.98. The van der Waals surface area contributed by atoms with E-state index in [9.17, 15) is 9.90 Å². The number of hydrogen-bond acceptors (Lipinski definition) is 8. The molecule has 3 heterocycles. The maximum atomic E-state index is 11.6. The maximum Gasteiger partial charge on any atom is 0.498 e. The Labute approximate surface area is 165 Å². The van der Waals surface area contributed by atoms with Crippen LogP contribution < -0.4 is 15.7 Å². The van der Waals surface area contributed by atoms with Crippen LogP contribution in [-0.4, -0.2) is 76.8 Å². The largest absolute Gasteiger partial charge is 0.498 e. The molecule has 0 unspecified atom stereocenters. The normalized spacial score (nSPS) is 24.4. The molecule has 0 saturated carbocycles. The molecule has 28 heavy (non-hydrogen) atoms. The zero-order valence-electron chi connectivity index (χ0n) is 16.9. The molecule has 154 valence electrons. The van der Waals surface area contributed by atoms with Crippen LogP contribution in [0.4, 0.5) is 5.95 Å². The van der Waals surface area contributed by atoms with Crippen LogP contribution in [0.1, 0.15) is 34.1 Å². The highest BCUT2D eigenvalue weighted by Gasteiger charge is 2.52. The van der Waals surface area contributed by atoms with Crippen molar-refractivity contribution in [2.24, 2.45) is 5.92 Å². The number of aliphatic hydroxyl groups is 2. The third kappa shape index (κ3) is 4.30. The molecule has 2 fully saturated rings. The Balaban J connectivity index is 1.54. The quantitative estimate of drug-likeness (QED) is 0.532. The zero-order valence-corrected chi connectivity index (χ0v) is 16.9. The van der Waals surface area contributed by atoms with Gasteiger partial charge in [0.15, 0.2) is 6.10 Å². The van der Waals surface area contributed by atoms with Gasteiger partial charge in [0.2, 0.25) is 5.95 Å². The van der Waals surface area contributed by atoms with Crippen molar-refractivity contribution >= 4 is 24.4 Å². The second kappa shape index (κ2) is 7.94. The Morgan fingerprint density at radius 3 is 2.50 bits per heavy atom. The van der Waals surface area contributed by atoms with Gasteiger partial charge in [-0.3, -0.25) is 4.79 Å². The van der Waals surface area contributed by atoms with E-state index in [1.165, 1.54) is 0 Å². The third-order valence-corrected chi connectivity index (χ3v) is 5.79. The summed E-state index contributed by atoms with van der Waals surface area (Å²) in [7, 11) is -0.487. The molecule has 10 heteroatoms. The molecule has 1 aromatic rings. The van der Waals surface area contributed by atoms with Crippen molar-refractivity contribution in [3.63, 3.8) is 0 Å². The molecule has 0 aromatic carbocycles. The smallest absolute Gasteiger partial charge is 0.399 e. The van der Waals surface area contributed by atoms with E-state index < -0.39 is 36.9 Å². The van der Waals surface area contributed by atoms with Crippen molar-refractivity contribution in [2.45, 2.75) is 51.4 Å².